The maximum atomic E-state index is 9.55. The number of benzene rings is 2. The van der Waals surface area contributed by atoms with Gasteiger partial charge < -0.3 is 15.1 Å². The number of carbonyl (C=O) groups is 2. The van der Waals surface area contributed by atoms with Gasteiger partial charge in [-0.15, -0.1) is 0 Å². The number of aliphatic carboxylic acids is 2. The number of hydrogen-bond acceptors (Lipinski definition) is 5. The molecule has 2 aromatic carbocycles. The van der Waals surface area contributed by atoms with Crippen LogP contribution in [0.3, 0.4) is 0 Å². The Morgan fingerprint density at radius 1 is 1.00 bits per heavy atom. The molecule has 0 aliphatic carbocycles. The maximum absolute atomic E-state index is 9.55. The van der Waals surface area contributed by atoms with Crippen LogP contribution in [0.1, 0.15) is 30.0 Å². The minimum Gasteiger partial charge on any atom is -0.478 e. The second kappa shape index (κ2) is 10.3. The Labute approximate surface area is 202 Å². The highest BCUT2D eigenvalue weighted by atomic mass is 35.5. The maximum Gasteiger partial charge on any atom is 0.328 e. The van der Waals surface area contributed by atoms with E-state index in [9.17, 15) is 9.59 Å². The Hall–Kier alpha value is -2.32. The molecule has 6 nitrogen and oxygen atoms in total. The molecule has 174 valence electrons. The number of carboxylic acids is 2. The summed E-state index contributed by atoms with van der Waals surface area (Å²) in [4.78, 5) is 27.2. The van der Waals surface area contributed by atoms with E-state index in [4.69, 9.17) is 21.8 Å². The molecule has 3 aliphatic heterocycles. The molecule has 3 atom stereocenters. The molecule has 3 aliphatic rings. The molecular weight excluding hydrogens is 460 g/mol. The van der Waals surface area contributed by atoms with Gasteiger partial charge in [-0.2, -0.15) is 0 Å². The van der Waals surface area contributed by atoms with Crippen molar-refractivity contribution in [2.24, 2.45) is 0 Å². The minimum atomic E-state index is -1.26. The number of piperazine rings is 1. The van der Waals surface area contributed by atoms with Crippen LogP contribution in [0.15, 0.2) is 64.4 Å². The number of rotatable bonds is 3. The van der Waals surface area contributed by atoms with E-state index in [0.717, 1.165) is 11.4 Å². The van der Waals surface area contributed by atoms with Crippen LogP contribution in [0.25, 0.3) is 0 Å². The fourth-order valence-electron chi connectivity index (χ4n) is 5.15. The van der Waals surface area contributed by atoms with Crippen LogP contribution in [0.5, 0.6) is 0 Å². The molecule has 0 spiro atoms. The summed E-state index contributed by atoms with van der Waals surface area (Å²) in [6.07, 6.45) is 4.87. The summed E-state index contributed by atoms with van der Waals surface area (Å²) in [5.74, 6) is -2.51. The topological polar surface area (TPSA) is 81.1 Å². The van der Waals surface area contributed by atoms with Gasteiger partial charge in [-0.05, 0) is 61.7 Å². The number of hydrogen-bond donors (Lipinski definition) is 2. The Morgan fingerprint density at radius 2 is 1.64 bits per heavy atom. The number of likely N-dealkylation sites (tertiary alicyclic amines) is 1. The Kier molecular flexibility index (Phi) is 7.44. The molecule has 0 amide bonds. The molecular formula is C25H27ClN2O4S. The fraction of sp³-hybridized carbons (Fsp3) is 0.360. The third-order valence-electron chi connectivity index (χ3n) is 6.39. The van der Waals surface area contributed by atoms with Crippen LogP contribution >= 0.6 is 23.4 Å². The first-order valence-corrected chi connectivity index (χ1v) is 12.2. The van der Waals surface area contributed by atoms with Gasteiger partial charge in [0.05, 0.1) is 0 Å². The van der Waals surface area contributed by atoms with Crippen LogP contribution in [0.2, 0.25) is 5.02 Å². The van der Waals surface area contributed by atoms with Crippen molar-refractivity contribution in [1.29, 1.82) is 0 Å². The van der Waals surface area contributed by atoms with E-state index in [-0.39, 0.29) is 0 Å². The quantitative estimate of drug-likeness (QED) is 0.614. The Bertz CT molecular complexity index is 1050. The minimum absolute atomic E-state index is 0.441. The Morgan fingerprint density at radius 3 is 2.27 bits per heavy atom. The molecule has 2 saturated heterocycles. The third-order valence-corrected chi connectivity index (χ3v) is 7.83. The summed E-state index contributed by atoms with van der Waals surface area (Å²) < 4.78 is 0. The highest BCUT2D eigenvalue weighted by molar-refractivity contribution is 7.99. The number of likely N-dealkylation sites (N-methyl/N-ethyl adjacent to an activating group) is 1. The van der Waals surface area contributed by atoms with E-state index >= 15 is 0 Å². The number of halogens is 1. The molecule has 5 rings (SSSR count). The molecule has 2 N–H and O–H groups in total. The number of nitrogens with zero attached hydrogens (tertiary/aromatic N) is 2. The lowest BCUT2D eigenvalue weighted by Crippen LogP contribution is -2.53. The van der Waals surface area contributed by atoms with Crippen LogP contribution < -0.4 is 0 Å². The van der Waals surface area contributed by atoms with Gasteiger partial charge >= 0.3 is 11.9 Å². The molecule has 33 heavy (non-hydrogen) atoms. The summed E-state index contributed by atoms with van der Waals surface area (Å²) in [6, 6.07) is 17.2. The van der Waals surface area contributed by atoms with Crippen molar-refractivity contribution < 1.29 is 19.8 Å². The van der Waals surface area contributed by atoms with E-state index in [1.54, 1.807) is 0 Å². The summed E-state index contributed by atoms with van der Waals surface area (Å²) in [5.41, 5.74) is 2.90. The second-order valence-corrected chi connectivity index (χ2v) is 10.2. The normalized spacial score (nSPS) is 24.4. The van der Waals surface area contributed by atoms with E-state index < -0.39 is 11.9 Å². The molecule has 0 saturated carbocycles. The lowest BCUT2D eigenvalue weighted by atomic mass is 9.95. The van der Waals surface area contributed by atoms with Gasteiger partial charge in [0.1, 0.15) is 0 Å². The zero-order valence-electron chi connectivity index (χ0n) is 18.4. The molecule has 3 heterocycles. The van der Waals surface area contributed by atoms with Gasteiger partial charge in [0, 0.05) is 58.2 Å². The average Bonchev–Trinajstić information content (AvgIpc) is 2.94. The van der Waals surface area contributed by atoms with Gasteiger partial charge in [-0.1, -0.05) is 41.6 Å². The SMILES string of the molecule is CN1CC2CCC(C1)N2C1Cc2ccccc2Sc2ccc(Cl)cc21.O=C(O)/C=C/C(=O)O. The van der Waals surface area contributed by atoms with Crippen molar-refractivity contribution in [3.05, 3.63) is 70.8 Å². The molecule has 2 fully saturated rings. The molecule has 0 aromatic heterocycles. The fourth-order valence-corrected chi connectivity index (χ4v) is 6.44. The predicted octanol–water partition coefficient (Wildman–Crippen LogP) is 4.58. The van der Waals surface area contributed by atoms with Crippen molar-refractivity contribution in [3.8, 4) is 0 Å². The highest BCUT2D eigenvalue weighted by Crippen LogP contribution is 2.47. The monoisotopic (exact) mass is 486 g/mol. The van der Waals surface area contributed by atoms with E-state index in [1.807, 2.05) is 17.8 Å². The standard InChI is InChI=1S/C21H23ClN2S.C4H4O4/c1-23-12-16-7-8-17(13-23)24(16)19-10-14-4-2-3-5-20(14)25-21-9-6-15(22)11-18(19)21;5-3(6)1-2-4(7)8/h2-6,9,11,16-17,19H,7-8,10,12-13H2,1H3;1-2H,(H,5,6)(H,7,8)/b;2-1+. The van der Waals surface area contributed by atoms with E-state index in [0.29, 0.717) is 30.3 Å². The number of fused-ring (bicyclic) bond motifs is 4. The largest absolute Gasteiger partial charge is 0.478 e. The lowest BCUT2D eigenvalue weighted by molar-refractivity contribution is -0.134. The zero-order valence-corrected chi connectivity index (χ0v) is 19.9. The highest BCUT2D eigenvalue weighted by Gasteiger charge is 2.43. The van der Waals surface area contributed by atoms with E-state index in [1.165, 1.54) is 46.8 Å². The smallest absolute Gasteiger partial charge is 0.328 e. The summed E-state index contributed by atoms with van der Waals surface area (Å²) in [5, 5.41) is 16.5. The first kappa shape index (κ1) is 23.8. The summed E-state index contributed by atoms with van der Waals surface area (Å²) in [7, 11) is 2.27. The summed E-state index contributed by atoms with van der Waals surface area (Å²) in [6.45, 7) is 2.38. The molecule has 3 unspecified atom stereocenters. The van der Waals surface area contributed by atoms with Crippen LogP contribution in [-0.4, -0.2) is 64.2 Å². The van der Waals surface area contributed by atoms with Crippen LogP contribution in [-0.2, 0) is 16.0 Å². The van der Waals surface area contributed by atoms with Crippen molar-refractivity contribution in [3.63, 3.8) is 0 Å². The molecule has 0 radical (unpaired) electrons. The second-order valence-electron chi connectivity index (χ2n) is 8.68. The predicted molar refractivity (Wildman–Crippen MR) is 129 cm³/mol. The van der Waals surface area contributed by atoms with Crippen molar-refractivity contribution in [2.75, 3.05) is 20.1 Å². The van der Waals surface area contributed by atoms with Gasteiger partial charge in [0.25, 0.3) is 0 Å². The average molecular weight is 487 g/mol. The van der Waals surface area contributed by atoms with Crippen LogP contribution in [0.4, 0.5) is 0 Å². The number of carboxylic acid groups (broad SMARTS) is 2. The lowest BCUT2D eigenvalue weighted by Gasteiger charge is -2.44. The van der Waals surface area contributed by atoms with Gasteiger partial charge in [-0.25, -0.2) is 9.59 Å². The molecule has 8 heteroatoms. The first-order valence-electron chi connectivity index (χ1n) is 11.0. The van der Waals surface area contributed by atoms with Gasteiger partial charge in [0.15, 0.2) is 0 Å². The van der Waals surface area contributed by atoms with E-state index in [2.05, 4.69) is 53.2 Å². The molecule has 2 aromatic rings. The zero-order chi connectivity index (χ0) is 23.5. The Balaban J connectivity index is 0.000000281. The third kappa shape index (κ3) is 5.61. The first-order chi connectivity index (χ1) is 15.8. The van der Waals surface area contributed by atoms with Crippen LogP contribution in [0, 0.1) is 0 Å². The molecule has 2 bridgehead atoms. The van der Waals surface area contributed by atoms with Crippen molar-refractivity contribution in [2.45, 2.75) is 47.2 Å². The van der Waals surface area contributed by atoms with Gasteiger partial charge in [0.2, 0.25) is 0 Å². The van der Waals surface area contributed by atoms with Gasteiger partial charge in [-0.3, -0.25) is 4.90 Å². The van der Waals surface area contributed by atoms with Crippen molar-refractivity contribution in [1.82, 2.24) is 9.80 Å². The van der Waals surface area contributed by atoms with Crippen molar-refractivity contribution >= 4 is 35.3 Å². The summed E-state index contributed by atoms with van der Waals surface area (Å²) >= 11 is 8.33.